The van der Waals surface area contributed by atoms with Crippen LogP contribution in [0, 0.1) is 0 Å². The molecule has 0 heterocycles. The topological polar surface area (TPSA) is 17.1 Å². The van der Waals surface area contributed by atoms with Crippen LogP contribution < -0.4 is 0 Å². The lowest BCUT2D eigenvalue weighted by Gasteiger charge is -2.12. The third-order valence-electron chi connectivity index (χ3n) is 2.65. The van der Waals surface area contributed by atoms with E-state index in [9.17, 15) is 18.0 Å². The zero-order valence-electron chi connectivity index (χ0n) is 9.84. The maximum atomic E-state index is 12.9. The molecule has 0 unspecified atom stereocenters. The predicted octanol–water partition coefficient (Wildman–Crippen LogP) is 5.46. The monoisotopic (exact) mass is 406 g/mol. The van der Waals surface area contributed by atoms with Gasteiger partial charge in [-0.15, -0.1) is 0 Å². The van der Waals surface area contributed by atoms with E-state index in [-0.39, 0.29) is 11.1 Å². The largest absolute Gasteiger partial charge is 0.417 e. The second-order valence-corrected chi connectivity index (χ2v) is 5.77. The van der Waals surface area contributed by atoms with Crippen LogP contribution in [0.15, 0.2) is 51.4 Å². The Morgan fingerprint density at radius 3 is 2.25 bits per heavy atom. The van der Waals surface area contributed by atoms with Crippen LogP contribution in [-0.4, -0.2) is 5.78 Å². The van der Waals surface area contributed by atoms with Gasteiger partial charge in [0.1, 0.15) is 0 Å². The van der Waals surface area contributed by atoms with Gasteiger partial charge in [-0.3, -0.25) is 4.79 Å². The Morgan fingerprint density at radius 2 is 1.60 bits per heavy atom. The van der Waals surface area contributed by atoms with Crippen molar-refractivity contribution in [3.63, 3.8) is 0 Å². The third kappa shape index (κ3) is 3.12. The van der Waals surface area contributed by atoms with Crippen molar-refractivity contribution in [2.75, 3.05) is 0 Å². The van der Waals surface area contributed by atoms with Gasteiger partial charge in [-0.25, -0.2) is 0 Å². The van der Waals surface area contributed by atoms with Gasteiger partial charge in [-0.1, -0.05) is 50.1 Å². The van der Waals surface area contributed by atoms with Gasteiger partial charge < -0.3 is 0 Å². The van der Waals surface area contributed by atoms with Gasteiger partial charge in [0, 0.05) is 20.1 Å². The first-order chi connectivity index (χ1) is 9.30. The number of hydrogen-bond acceptors (Lipinski definition) is 1. The van der Waals surface area contributed by atoms with E-state index in [4.69, 9.17) is 0 Å². The minimum Gasteiger partial charge on any atom is -0.289 e. The molecule has 1 nitrogen and oxygen atoms in total. The Balaban J connectivity index is 2.57. The van der Waals surface area contributed by atoms with Crippen molar-refractivity contribution < 1.29 is 18.0 Å². The first-order valence-electron chi connectivity index (χ1n) is 5.46. The minimum atomic E-state index is -4.56. The number of halogens is 5. The van der Waals surface area contributed by atoms with Crippen LogP contribution in [0.4, 0.5) is 13.2 Å². The Labute approximate surface area is 130 Å². The van der Waals surface area contributed by atoms with Crippen LogP contribution in [0.2, 0.25) is 0 Å². The van der Waals surface area contributed by atoms with Crippen LogP contribution >= 0.6 is 31.9 Å². The highest BCUT2D eigenvalue weighted by Crippen LogP contribution is 2.34. The van der Waals surface area contributed by atoms with Crippen LogP contribution in [0.5, 0.6) is 0 Å². The van der Waals surface area contributed by atoms with Crippen molar-refractivity contribution in [3.05, 3.63) is 68.1 Å². The summed E-state index contributed by atoms with van der Waals surface area (Å²) < 4.78 is 39.9. The van der Waals surface area contributed by atoms with Crippen molar-refractivity contribution in [1.82, 2.24) is 0 Å². The molecule has 0 saturated carbocycles. The highest BCUT2D eigenvalue weighted by Gasteiger charge is 2.35. The molecular formula is C14H7Br2F3O. The van der Waals surface area contributed by atoms with Crippen molar-refractivity contribution in [1.29, 1.82) is 0 Å². The molecule has 0 radical (unpaired) electrons. The first-order valence-corrected chi connectivity index (χ1v) is 7.05. The van der Waals surface area contributed by atoms with E-state index < -0.39 is 17.5 Å². The first kappa shape index (κ1) is 15.3. The Bertz CT molecular complexity index is 666. The van der Waals surface area contributed by atoms with Gasteiger partial charge in [0.15, 0.2) is 5.78 Å². The van der Waals surface area contributed by atoms with E-state index in [2.05, 4.69) is 31.9 Å². The zero-order chi connectivity index (χ0) is 14.9. The smallest absolute Gasteiger partial charge is 0.289 e. The lowest BCUT2D eigenvalue weighted by Crippen LogP contribution is -2.14. The fraction of sp³-hybridized carbons (Fsp3) is 0.0714. The molecule has 0 aliphatic heterocycles. The maximum Gasteiger partial charge on any atom is 0.417 e. The predicted molar refractivity (Wildman–Crippen MR) is 76.7 cm³/mol. The summed E-state index contributed by atoms with van der Waals surface area (Å²) in [6.07, 6.45) is -4.56. The van der Waals surface area contributed by atoms with Crippen molar-refractivity contribution in [2.24, 2.45) is 0 Å². The highest BCUT2D eigenvalue weighted by atomic mass is 79.9. The lowest BCUT2D eigenvalue weighted by molar-refractivity contribution is -0.137. The van der Waals surface area contributed by atoms with Gasteiger partial charge >= 0.3 is 6.18 Å². The molecule has 0 aliphatic rings. The normalized spacial score (nSPS) is 11.4. The SMILES string of the molecule is O=C(c1cc(Br)ccc1Br)c1ccccc1C(F)(F)F. The van der Waals surface area contributed by atoms with Crippen molar-refractivity contribution >= 4 is 37.6 Å². The van der Waals surface area contributed by atoms with E-state index in [1.54, 1.807) is 12.1 Å². The number of alkyl halides is 3. The summed E-state index contributed by atoms with van der Waals surface area (Å²) >= 11 is 6.38. The Kier molecular flexibility index (Phi) is 4.34. The summed E-state index contributed by atoms with van der Waals surface area (Å²) in [7, 11) is 0. The number of carbonyl (C=O) groups excluding carboxylic acids is 1. The average molecular weight is 408 g/mol. The van der Waals surface area contributed by atoms with Gasteiger partial charge in [0.25, 0.3) is 0 Å². The van der Waals surface area contributed by atoms with Crippen molar-refractivity contribution in [2.45, 2.75) is 6.18 Å². The van der Waals surface area contributed by atoms with Gasteiger partial charge in [0.2, 0.25) is 0 Å². The minimum absolute atomic E-state index is 0.177. The number of ketones is 1. The molecule has 2 aromatic rings. The molecule has 104 valence electrons. The van der Waals surface area contributed by atoms with Crippen LogP contribution in [0.25, 0.3) is 0 Å². The molecule has 0 bridgehead atoms. The number of benzene rings is 2. The molecular weight excluding hydrogens is 401 g/mol. The summed E-state index contributed by atoms with van der Waals surface area (Å²) in [5.74, 6) is -0.675. The van der Waals surface area contributed by atoms with Crippen molar-refractivity contribution in [3.8, 4) is 0 Å². The van der Waals surface area contributed by atoms with E-state index in [1.165, 1.54) is 24.3 Å². The van der Waals surface area contributed by atoms with E-state index >= 15 is 0 Å². The summed E-state index contributed by atoms with van der Waals surface area (Å²) in [6, 6.07) is 9.53. The second kappa shape index (κ2) is 5.69. The Morgan fingerprint density at radius 1 is 0.950 bits per heavy atom. The summed E-state index contributed by atoms with van der Waals surface area (Å²) in [6.45, 7) is 0. The molecule has 0 N–H and O–H groups in total. The maximum absolute atomic E-state index is 12.9. The number of rotatable bonds is 2. The van der Waals surface area contributed by atoms with Gasteiger partial charge in [-0.05, 0) is 24.3 Å². The molecule has 0 saturated heterocycles. The molecule has 0 aliphatic carbocycles. The van der Waals surface area contributed by atoms with Gasteiger partial charge in [0.05, 0.1) is 5.56 Å². The summed E-state index contributed by atoms with van der Waals surface area (Å²) in [5, 5.41) is 0. The number of hydrogen-bond donors (Lipinski definition) is 0. The molecule has 0 amide bonds. The average Bonchev–Trinajstić information content (AvgIpc) is 2.40. The highest BCUT2D eigenvalue weighted by molar-refractivity contribution is 9.11. The molecule has 0 aromatic heterocycles. The van der Waals surface area contributed by atoms with Crippen LogP contribution in [-0.2, 0) is 6.18 Å². The lowest BCUT2D eigenvalue weighted by atomic mass is 9.98. The summed E-state index contributed by atoms with van der Waals surface area (Å²) in [4.78, 5) is 12.3. The second-order valence-electron chi connectivity index (χ2n) is 4.00. The molecule has 2 aromatic carbocycles. The quantitative estimate of drug-likeness (QED) is 0.604. The van der Waals surface area contributed by atoms with E-state index in [0.29, 0.717) is 8.95 Å². The van der Waals surface area contributed by atoms with Crippen LogP contribution in [0.1, 0.15) is 21.5 Å². The number of carbonyl (C=O) groups is 1. The molecule has 0 spiro atoms. The van der Waals surface area contributed by atoms with E-state index in [1.807, 2.05) is 0 Å². The fourth-order valence-corrected chi connectivity index (χ4v) is 2.53. The zero-order valence-corrected chi connectivity index (χ0v) is 13.0. The summed E-state index contributed by atoms with van der Waals surface area (Å²) in [5.41, 5.74) is -1.12. The fourth-order valence-electron chi connectivity index (χ4n) is 1.74. The van der Waals surface area contributed by atoms with Gasteiger partial charge in [-0.2, -0.15) is 13.2 Å². The third-order valence-corrected chi connectivity index (χ3v) is 3.83. The molecule has 0 atom stereocenters. The van der Waals surface area contributed by atoms with Crippen LogP contribution in [0.3, 0.4) is 0 Å². The Hall–Kier alpha value is -1.14. The standard InChI is InChI=1S/C14H7Br2F3O/c15-8-5-6-12(16)10(7-8)13(20)9-3-1-2-4-11(9)14(17,18)19/h1-7H. The van der Waals surface area contributed by atoms with E-state index in [0.717, 1.165) is 6.07 Å². The molecule has 6 heteroatoms. The molecule has 20 heavy (non-hydrogen) atoms. The molecule has 0 fully saturated rings. The molecule has 2 rings (SSSR count).